The Bertz CT molecular complexity index is 495. The van der Waals surface area contributed by atoms with Crippen molar-refractivity contribution in [2.24, 2.45) is 0 Å². The van der Waals surface area contributed by atoms with Crippen molar-refractivity contribution in [1.82, 2.24) is 19.7 Å². The van der Waals surface area contributed by atoms with E-state index in [1.54, 1.807) is 11.3 Å². The van der Waals surface area contributed by atoms with E-state index in [0.717, 1.165) is 24.5 Å². The van der Waals surface area contributed by atoms with Crippen LogP contribution in [0.2, 0.25) is 0 Å². The van der Waals surface area contributed by atoms with E-state index in [2.05, 4.69) is 39.0 Å². The number of rotatable bonds is 4. The Kier molecular flexibility index (Phi) is 3.50. The summed E-state index contributed by atoms with van der Waals surface area (Å²) < 4.78 is 2.75. The number of aryl methyl sites for hydroxylation is 1. The molecule has 0 aliphatic heterocycles. The molecule has 2 aromatic heterocycles. The quantitative estimate of drug-likeness (QED) is 0.853. The number of nitrogens with zero attached hydrogens (tertiary/aromatic N) is 3. The third-order valence-corrected chi connectivity index (χ3v) is 3.33. The van der Waals surface area contributed by atoms with Crippen LogP contribution in [0.5, 0.6) is 0 Å². The van der Waals surface area contributed by atoms with Crippen molar-refractivity contribution in [2.75, 3.05) is 0 Å². The molecule has 0 fully saturated rings. The highest BCUT2D eigenvalue weighted by Crippen LogP contribution is 2.12. The molecule has 1 N–H and O–H groups in total. The highest BCUT2D eigenvalue weighted by Gasteiger charge is 2.09. The Morgan fingerprint density at radius 1 is 1.56 bits per heavy atom. The monoisotopic (exact) mass is 254 g/mol. The second kappa shape index (κ2) is 4.88. The van der Waals surface area contributed by atoms with Gasteiger partial charge in [0.15, 0.2) is 4.77 Å². The molecular weight excluding hydrogens is 240 g/mol. The largest absolute Gasteiger partial charge is 0.304 e. The molecule has 0 aromatic carbocycles. The Balaban J connectivity index is 2.14. The summed E-state index contributed by atoms with van der Waals surface area (Å²) >= 11 is 6.84. The Hall–Kier alpha value is -1.01. The number of aromatic amines is 1. The topological polar surface area (TPSA) is 46.5 Å². The van der Waals surface area contributed by atoms with Gasteiger partial charge in [0.25, 0.3) is 0 Å². The van der Waals surface area contributed by atoms with E-state index >= 15 is 0 Å². The van der Waals surface area contributed by atoms with Crippen molar-refractivity contribution in [3.05, 3.63) is 27.2 Å². The molecule has 0 saturated carbocycles. The van der Waals surface area contributed by atoms with Gasteiger partial charge in [-0.25, -0.2) is 4.98 Å². The summed E-state index contributed by atoms with van der Waals surface area (Å²) in [5, 5.41) is 9.16. The summed E-state index contributed by atoms with van der Waals surface area (Å²) in [7, 11) is 0. The minimum atomic E-state index is 0.378. The van der Waals surface area contributed by atoms with Crippen LogP contribution in [0.1, 0.15) is 31.3 Å². The first-order valence-electron chi connectivity index (χ1n) is 5.20. The predicted molar refractivity (Wildman–Crippen MR) is 67.3 cm³/mol. The number of aromatic nitrogens is 4. The Labute approximate surface area is 103 Å². The SMILES string of the molecule is CC(C)c1n[nH]c(=S)n1CCc1cscn1. The van der Waals surface area contributed by atoms with Crippen LogP contribution < -0.4 is 0 Å². The summed E-state index contributed by atoms with van der Waals surface area (Å²) in [6.45, 7) is 5.07. The summed E-state index contributed by atoms with van der Waals surface area (Å²) in [4.78, 5) is 4.26. The molecule has 0 aliphatic carbocycles. The van der Waals surface area contributed by atoms with Gasteiger partial charge in [-0.05, 0) is 12.2 Å². The lowest BCUT2D eigenvalue weighted by Gasteiger charge is -2.07. The fourth-order valence-corrected chi connectivity index (χ4v) is 2.40. The molecule has 0 radical (unpaired) electrons. The predicted octanol–water partition coefficient (Wildman–Crippen LogP) is 2.76. The summed E-state index contributed by atoms with van der Waals surface area (Å²) in [6, 6.07) is 0. The van der Waals surface area contributed by atoms with Crippen molar-refractivity contribution in [1.29, 1.82) is 0 Å². The van der Waals surface area contributed by atoms with E-state index in [0.29, 0.717) is 10.7 Å². The van der Waals surface area contributed by atoms with Gasteiger partial charge >= 0.3 is 0 Å². The number of thiazole rings is 1. The highest BCUT2D eigenvalue weighted by atomic mass is 32.1. The van der Waals surface area contributed by atoms with Crippen molar-refractivity contribution in [3.8, 4) is 0 Å². The number of hydrogen-bond donors (Lipinski definition) is 1. The van der Waals surface area contributed by atoms with Crippen LogP contribution in [0.25, 0.3) is 0 Å². The second-order valence-corrected chi connectivity index (χ2v) is 5.03. The fraction of sp³-hybridized carbons (Fsp3) is 0.500. The molecule has 4 nitrogen and oxygen atoms in total. The van der Waals surface area contributed by atoms with E-state index in [4.69, 9.17) is 12.2 Å². The van der Waals surface area contributed by atoms with Crippen molar-refractivity contribution in [3.63, 3.8) is 0 Å². The molecule has 2 aromatic rings. The van der Waals surface area contributed by atoms with Crippen LogP contribution in [0.3, 0.4) is 0 Å². The molecule has 16 heavy (non-hydrogen) atoms. The minimum Gasteiger partial charge on any atom is -0.304 e. The Morgan fingerprint density at radius 3 is 3.00 bits per heavy atom. The van der Waals surface area contributed by atoms with Crippen LogP contribution in [0, 0.1) is 4.77 Å². The van der Waals surface area contributed by atoms with Gasteiger partial charge in [-0.1, -0.05) is 13.8 Å². The molecule has 2 heterocycles. The lowest BCUT2D eigenvalue weighted by molar-refractivity contribution is 0.610. The Morgan fingerprint density at radius 2 is 2.38 bits per heavy atom. The highest BCUT2D eigenvalue weighted by molar-refractivity contribution is 7.71. The maximum atomic E-state index is 5.21. The molecule has 0 atom stereocenters. The molecule has 0 bridgehead atoms. The third-order valence-electron chi connectivity index (χ3n) is 2.38. The smallest absolute Gasteiger partial charge is 0.195 e. The lowest BCUT2D eigenvalue weighted by Crippen LogP contribution is -2.08. The molecule has 6 heteroatoms. The lowest BCUT2D eigenvalue weighted by atomic mass is 10.2. The van der Waals surface area contributed by atoms with Crippen molar-refractivity contribution < 1.29 is 0 Å². The minimum absolute atomic E-state index is 0.378. The normalized spacial score (nSPS) is 11.2. The molecule has 0 unspecified atom stereocenters. The number of hydrogen-bond acceptors (Lipinski definition) is 4. The molecule has 0 amide bonds. The molecule has 0 aliphatic rings. The molecule has 0 saturated heterocycles. The summed E-state index contributed by atoms with van der Waals surface area (Å²) in [5.41, 5.74) is 2.97. The fourth-order valence-electron chi connectivity index (χ4n) is 1.57. The standard InChI is InChI=1S/C10H14N4S2/c1-7(2)9-12-13-10(15)14(9)4-3-8-5-16-6-11-8/h5-7H,3-4H2,1-2H3,(H,13,15). The van der Waals surface area contributed by atoms with Gasteiger partial charge in [-0.15, -0.1) is 11.3 Å². The van der Waals surface area contributed by atoms with Gasteiger partial charge < -0.3 is 4.57 Å². The average molecular weight is 254 g/mol. The zero-order valence-corrected chi connectivity index (χ0v) is 10.9. The first-order valence-corrected chi connectivity index (χ1v) is 6.55. The van der Waals surface area contributed by atoms with Gasteiger partial charge in [0.1, 0.15) is 5.82 Å². The van der Waals surface area contributed by atoms with Gasteiger partial charge in [-0.3, -0.25) is 5.10 Å². The third kappa shape index (κ3) is 2.38. The number of nitrogens with one attached hydrogen (secondary N) is 1. The van der Waals surface area contributed by atoms with E-state index < -0.39 is 0 Å². The van der Waals surface area contributed by atoms with E-state index in [9.17, 15) is 0 Å². The van der Waals surface area contributed by atoms with Gasteiger partial charge in [0.2, 0.25) is 0 Å². The molecular formula is C10H14N4S2. The molecule has 86 valence electrons. The van der Waals surface area contributed by atoms with E-state index in [1.807, 2.05) is 5.51 Å². The molecule has 0 spiro atoms. The van der Waals surface area contributed by atoms with E-state index in [1.165, 1.54) is 0 Å². The van der Waals surface area contributed by atoms with Crippen LogP contribution in [0.15, 0.2) is 10.9 Å². The average Bonchev–Trinajstić information content (AvgIpc) is 2.84. The second-order valence-electron chi connectivity index (χ2n) is 3.92. The van der Waals surface area contributed by atoms with Crippen LogP contribution >= 0.6 is 23.6 Å². The van der Waals surface area contributed by atoms with Crippen molar-refractivity contribution >= 4 is 23.6 Å². The summed E-state index contributed by atoms with van der Waals surface area (Å²) in [6.07, 6.45) is 0.900. The van der Waals surface area contributed by atoms with Crippen molar-refractivity contribution in [2.45, 2.75) is 32.7 Å². The van der Waals surface area contributed by atoms with Gasteiger partial charge in [0.05, 0.1) is 11.2 Å². The van der Waals surface area contributed by atoms with Gasteiger partial charge in [-0.2, -0.15) is 5.10 Å². The van der Waals surface area contributed by atoms with Crippen LogP contribution in [0.4, 0.5) is 0 Å². The van der Waals surface area contributed by atoms with E-state index in [-0.39, 0.29) is 0 Å². The van der Waals surface area contributed by atoms with Gasteiger partial charge in [0, 0.05) is 24.3 Å². The first-order chi connectivity index (χ1) is 7.68. The van der Waals surface area contributed by atoms with Crippen LogP contribution in [-0.4, -0.2) is 19.7 Å². The first kappa shape index (κ1) is 11.5. The zero-order chi connectivity index (χ0) is 11.5. The maximum absolute atomic E-state index is 5.21. The molecule has 2 rings (SSSR count). The number of H-pyrrole nitrogens is 1. The summed E-state index contributed by atoms with van der Waals surface area (Å²) in [5.74, 6) is 1.39. The zero-order valence-electron chi connectivity index (χ0n) is 9.30. The van der Waals surface area contributed by atoms with Crippen LogP contribution in [-0.2, 0) is 13.0 Å². The maximum Gasteiger partial charge on any atom is 0.195 e.